The number of carbonyl (C=O) groups is 1. The smallest absolute Gasteiger partial charge is 0.251 e. The molecule has 0 radical (unpaired) electrons. The zero-order chi connectivity index (χ0) is 14.4. The van der Waals surface area contributed by atoms with Crippen LogP contribution in [-0.4, -0.2) is 44.2 Å². The van der Waals surface area contributed by atoms with Gasteiger partial charge in [0.25, 0.3) is 5.91 Å². The van der Waals surface area contributed by atoms with Gasteiger partial charge in [-0.3, -0.25) is 9.69 Å². The minimum absolute atomic E-state index is 0.0412. The Morgan fingerprint density at radius 3 is 2.70 bits per heavy atom. The fraction of sp³-hybridized carbons (Fsp3) is 0.562. The Morgan fingerprint density at radius 2 is 2.10 bits per heavy atom. The van der Waals surface area contributed by atoms with E-state index in [9.17, 15) is 4.79 Å². The van der Waals surface area contributed by atoms with E-state index in [0.717, 1.165) is 19.7 Å². The molecule has 1 amide bonds. The second-order valence-corrected chi connectivity index (χ2v) is 5.46. The molecule has 1 heterocycles. The van der Waals surface area contributed by atoms with E-state index in [0.29, 0.717) is 11.7 Å². The van der Waals surface area contributed by atoms with Gasteiger partial charge in [-0.15, -0.1) is 0 Å². The highest BCUT2D eigenvalue weighted by molar-refractivity contribution is 5.93. The normalized spacial score (nSPS) is 19.1. The van der Waals surface area contributed by atoms with Crippen LogP contribution in [0.2, 0.25) is 0 Å². The molecule has 1 aliphatic heterocycles. The summed E-state index contributed by atoms with van der Waals surface area (Å²) in [5.74, 6) is -0.0412. The van der Waals surface area contributed by atoms with Crippen LogP contribution in [0.5, 0.6) is 0 Å². The molecule has 0 spiro atoms. The van der Waals surface area contributed by atoms with E-state index in [-0.39, 0.29) is 5.91 Å². The van der Waals surface area contributed by atoms with E-state index < -0.39 is 0 Å². The maximum absolute atomic E-state index is 11.5. The number of carbonyl (C=O) groups excluding carboxylic acids is 1. The predicted molar refractivity (Wildman–Crippen MR) is 79.8 cm³/mol. The molecule has 4 nitrogen and oxygen atoms in total. The van der Waals surface area contributed by atoms with Crippen LogP contribution in [0.1, 0.15) is 35.2 Å². The van der Waals surface area contributed by atoms with Crippen LogP contribution < -0.4 is 5.32 Å². The fourth-order valence-electron chi connectivity index (χ4n) is 2.58. The largest absolute Gasteiger partial charge is 0.377 e. The van der Waals surface area contributed by atoms with Gasteiger partial charge in [0, 0.05) is 32.3 Å². The molecule has 0 unspecified atom stereocenters. The molecule has 0 aromatic heterocycles. The van der Waals surface area contributed by atoms with E-state index in [4.69, 9.17) is 4.74 Å². The van der Waals surface area contributed by atoms with Gasteiger partial charge in [-0.2, -0.15) is 0 Å². The first-order valence-corrected chi connectivity index (χ1v) is 7.30. The molecule has 2 rings (SSSR count). The monoisotopic (exact) mass is 276 g/mol. The van der Waals surface area contributed by atoms with E-state index in [2.05, 4.69) is 17.3 Å². The summed E-state index contributed by atoms with van der Waals surface area (Å²) in [6.45, 7) is 2.75. The molecular weight excluding hydrogens is 252 g/mol. The van der Waals surface area contributed by atoms with Crippen LogP contribution in [0.4, 0.5) is 0 Å². The summed E-state index contributed by atoms with van der Waals surface area (Å²) in [6, 6.07) is 7.78. The number of hydrogen-bond donors (Lipinski definition) is 1. The van der Waals surface area contributed by atoms with Crippen molar-refractivity contribution in [1.82, 2.24) is 10.2 Å². The van der Waals surface area contributed by atoms with Crippen LogP contribution in [0.15, 0.2) is 24.3 Å². The molecular formula is C16H24N2O2. The van der Waals surface area contributed by atoms with Crippen molar-refractivity contribution in [3.05, 3.63) is 35.4 Å². The van der Waals surface area contributed by atoms with Crippen molar-refractivity contribution in [3.8, 4) is 0 Å². The first kappa shape index (κ1) is 15.0. The highest BCUT2D eigenvalue weighted by Crippen LogP contribution is 2.14. The highest BCUT2D eigenvalue weighted by Gasteiger charge is 2.15. The van der Waals surface area contributed by atoms with Crippen LogP contribution in [0.25, 0.3) is 0 Å². The number of nitrogens with one attached hydrogen (secondary N) is 1. The molecule has 1 atom stereocenters. The van der Waals surface area contributed by atoms with Crippen molar-refractivity contribution < 1.29 is 9.53 Å². The van der Waals surface area contributed by atoms with Gasteiger partial charge in [0.05, 0.1) is 6.10 Å². The average Bonchev–Trinajstić information content (AvgIpc) is 2.48. The second-order valence-electron chi connectivity index (χ2n) is 5.46. The topological polar surface area (TPSA) is 41.6 Å². The number of benzene rings is 1. The van der Waals surface area contributed by atoms with Crippen molar-refractivity contribution in [2.75, 3.05) is 27.2 Å². The molecule has 4 heteroatoms. The summed E-state index contributed by atoms with van der Waals surface area (Å²) in [4.78, 5) is 13.8. The maximum Gasteiger partial charge on any atom is 0.251 e. The minimum Gasteiger partial charge on any atom is -0.377 e. The predicted octanol–water partition coefficient (Wildman–Crippen LogP) is 2.05. The Labute approximate surface area is 121 Å². The zero-order valence-electron chi connectivity index (χ0n) is 12.4. The molecule has 0 bridgehead atoms. The maximum atomic E-state index is 11.5. The Morgan fingerprint density at radius 1 is 1.35 bits per heavy atom. The van der Waals surface area contributed by atoms with Gasteiger partial charge in [0.15, 0.2) is 0 Å². The van der Waals surface area contributed by atoms with Gasteiger partial charge < -0.3 is 10.1 Å². The van der Waals surface area contributed by atoms with E-state index in [1.165, 1.54) is 24.8 Å². The standard InChI is InChI=1S/C16H24N2O2/c1-17-16(19)14-8-6-13(7-9-14)11-18(2)12-15-5-3-4-10-20-15/h6-9,15H,3-5,10-12H2,1-2H3,(H,17,19)/t15-/m1/s1. The lowest BCUT2D eigenvalue weighted by atomic mass is 10.1. The zero-order valence-corrected chi connectivity index (χ0v) is 12.4. The molecule has 0 saturated carbocycles. The number of rotatable bonds is 5. The quantitative estimate of drug-likeness (QED) is 0.895. The Hall–Kier alpha value is -1.39. The van der Waals surface area contributed by atoms with Crippen molar-refractivity contribution >= 4 is 5.91 Å². The summed E-state index contributed by atoms with van der Waals surface area (Å²) in [7, 11) is 3.76. The molecule has 1 aromatic carbocycles. The number of likely N-dealkylation sites (N-methyl/N-ethyl adjacent to an activating group) is 1. The lowest BCUT2D eigenvalue weighted by Crippen LogP contribution is -2.33. The number of amides is 1. The SMILES string of the molecule is CNC(=O)c1ccc(CN(C)C[C@H]2CCCCO2)cc1. The summed E-state index contributed by atoms with van der Waals surface area (Å²) in [5, 5.41) is 2.63. The molecule has 1 saturated heterocycles. The van der Waals surface area contributed by atoms with Crippen molar-refractivity contribution in [2.45, 2.75) is 31.9 Å². The Bertz CT molecular complexity index is 425. The summed E-state index contributed by atoms with van der Waals surface area (Å²) >= 11 is 0. The molecule has 1 fully saturated rings. The number of hydrogen-bond acceptors (Lipinski definition) is 3. The molecule has 1 aliphatic rings. The summed E-state index contributed by atoms with van der Waals surface area (Å²) in [5.41, 5.74) is 1.92. The lowest BCUT2D eigenvalue weighted by Gasteiger charge is -2.27. The summed E-state index contributed by atoms with van der Waals surface area (Å²) in [6.07, 6.45) is 4.01. The van der Waals surface area contributed by atoms with Gasteiger partial charge >= 0.3 is 0 Å². The lowest BCUT2D eigenvalue weighted by molar-refractivity contribution is -0.00259. The summed E-state index contributed by atoms with van der Waals surface area (Å²) < 4.78 is 5.76. The molecule has 1 N–H and O–H groups in total. The molecule has 20 heavy (non-hydrogen) atoms. The second kappa shape index (κ2) is 7.41. The van der Waals surface area contributed by atoms with Crippen molar-refractivity contribution in [1.29, 1.82) is 0 Å². The first-order valence-electron chi connectivity index (χ1n) is 7.30. The van der Waals surface area contributed by atoms with Gasteiger partial charge in [-0.1, -0.05) is 12.1 Å². The Kier molecular flexibility index (Phi) is 5.56. The van der Waals surface area contributed by atoms with Crippen LogP contribution in [0, 0.1) is 0 Å². The highest BCUT2D eigenvalue weighted by atomic mass is 16.5. The number of ether oxygens (including phenoxy) is 1. The first-order chi connectivity index (χ1) is 9.69. The van der Waals surface area contributed by atoms with Crippen LogP contribution >= 0.6 is 0 Å². The minimum atomic E-state index is -0.0412. The third-order valence-corrected chi connectivity index (χ3v) is 3.68. The molecule has 0 aliphatic carbocycles. The van der Waals surface area contributed by atoms with Gasteiger partial charge in [-0.25, -0.2) is 0 Å². The fourth-order valence-corrected chi connectivity index (χ4v) is 2.58. The third-order valence-electron chi connectivity index (χ3n) is 3.68. The Balaban J connectivity index is 1.84. The van der Waals surface area contributed by atoms with Gasteiger partial charge in [-0.05, 0) is 44.0 Å². The van der Waals surface area contributed by atoms with E-state index >= 15 is 0 Å². The van der Waals surface area contributed by atoms with E-state index in [1.54, 1.807) is 7.05 Å². The van der Waals surface area contributed by atoms with Crippen LogP contribution in [0.3, 0.4) is 0 Å². The average molecular weight is 276 g/mol. The van der Waals surface area contributed by atoms with Crippen molar-refractivity contribution in [2.24, 2.45) is 0 Å². The van der Waals surface area contributed by atoms with E-state index in [1.807, 2.05) is 24.3 Å². The van der Waals surface area contributed by atoms with Gasteiger partial charge in [0.2, 0.25) is 0 Å². The van der Waals surface area contributed by atoms with Crippen molar-refractivity contribution in [3.63, 3.8) is 0 Å². The number of nitrogens with zero attached hydrogens (tertiary/aromatic N) is 1. The van der Waals surface area contributed by atoms with Gasteiger partial charge in [0.1, 0.15) is 0 Å². The molecule has 1 aromatic rings. The molecule has 110 valence electrons. The third kappa shape index (κ3) is 4.32. The van der Waals surface area contributed by atoms with Crippen LogP contribution in [-0.2, 0) is 11.3 Å².